The molecule has 3 aliphatic rings. The third kappa shape index (κ3) is 1.20. The fourth-order valence-electron chi connectivity index (χ4n) is 3.45. The van der Waals surface area contributed by atoms with Crippen LogP contribution in [-0.2, 0) is 14.3 Å². The highest BCUT2D eigenvalue weighted by Gasteiger charge is 2.65. The molecule has 0 amide bonds. The molecule has 1 aromatic carbocycles. The molecule has 0 spiro atoms. The second kappa shape index (κ2) is 3.45. The van der Waals surface area contributed by atoms with Crippen molar-refractivity contribution in [2.75, 3.05) is 6.61 Å². The van der Waals surface area contributed by atoms with Crippen LogP contribution in [-0.4, -0.2) is 12.6 Å². The van der Waals surface area contributed by atoms with Crippen molar-refractivity contribution in [1.29, 1.82) is 0 Å². The average molecular weight is 242 g/mol. The van der Waals surface area contributed by atoms with Crippen LogP contribution < -0.4 is 0 Å². The Morgan fingerprint density at radius 2 is 1.89 bits per heavy atom. The van der Waals surface area contributed by atoms with E-state index in [9.17, 15) is 4.79 Å². The van der Waals surface area contributed by atoms with Crippen LogP contribution in [0.5, 0.6) is 0 Å². The first-order chi connectivity index (χ1) is 8.81. The van der Waals surface area contributed by atoms with Crippen LogP contribution >= 0.6 is 0 Å². The lowest BCUT2D eigenvalue weighted by Gasteiger charge is -2.08. The highest BCUT2D eigenvalue weighted by molar-refractivity contribution is 5.84. The van der Waals surface area contributed by atoms with E-state index >= 15 is 0 Å². The molecule has 1 aliphatic carbocycles. The van der Waals surface area contributed by atoms with Gasteiger partial charge in [0.2, 0.25) is 0 Å². The molecule has 3 heteroatoms. The Kier molecular flexibility index (Phi) is 1.98. The molecule has 2 aliphatic heterocycles. The molecule has 18 heavy (non-hydrogen) atoms. The molecule has 0 radical (unpaired) electrons. The van der Waals surface area contributed by atoms with Crippen LogP contribution in [0.15, 0.2) is 35.9 Å². The van der Waals surface area contributed by atoms with Crippen LogP contribution in [0.25, 0.3) is 0 Å². The van der Waals surface area contributed by atoms with Gasteiger partial charge in [0.25, 0.3) is 0 Å². The van der Waals surface area contributed by atoms with Crippen LogP contribution in [0.4, 0.5) is 0 Å². The molecule has 1 unspecified atom stereocenters. The Morgan fingerprint density at radius 1 is 1.28 bits per heavy atom. The van der Waals surface area contributed by atoms with Gasteiger partial charge in [-0.25, -0.2) is 4.79 Å². The van der Waals surface area contributed by atoms with Gasteiger partial charge in [0.15, 0.2) is 0 Å². The summed E-state index contributed by atoms with van der Waals surface area (Å²) in [6.07, 6.45) is 2.00. The first kappa shape index (κ1) is 10.3. The molecular weight excluding hydrogens is 228 g/mol. The maximum absolute atomic E-state index is 11.5. The Morgan fingerprint density at radius 3 is 2.44 bits per heavy atom. The number of fused-ring (bicyclic) bond motifs is 8. The van der Waals surface area contributed by atoms with Crippen LogP contribution in [0.2, 0.25) is 0 Å². The topological polar surface area (TPSA) is 35.5 Å². The zero-order valence-corrected chi connectivity index (χ0v) is 10.1. The SMILES string of the molecule is CCOC(=O)C=C1C2[C@@H]3O[C@@H](c4ccccc43)[C@H]12. The van der Waals surface area contributed by atoms with E-state index in [1.807, 2.05) is 6.92 Å². The summed E-state index contributed by atoms with van der Waals surface area (Å²) in [6, 6.07) is 8.37. The molecule has 0 N–H and O–H groups in total. The minimum atomic E-state index is -0.217. The number of carbonyl (C=O) groups is 1. The lowest BCUT2D eigenvalue weighted by Crippen LogP contribution is -2.01. The highest BCUT2D eigenvalue weighted by Crippen LogP contribution is 2.72. The van der Waals surface area contributed by atoms with Crippen molar-refractivity contribution in [2.24, 2.45) is 11.8 Å². The van der Waals surface area contributed by atoms with Crippen LogP contribution in [0.1, 0.15) is 30.3 Å². The van der Waals surface area contributed by atoms with Crippen molar-refractivity contribution in [2.45, 2.75) is 19.1 Å². The van der Waals surface area contributed by atoms with E-state index in [0.29, 0.717) is 18.4 Å². The summed E-state index contributed by atoms with van der Waals surface area (Å²) in [4.78, 5) is 11.5. The number of rotatable bonds is 2. The first-order valence-electron chi connectivity index (χ1n) is 6.43. The molecule has 1 saturated carbocycles. The van der Waals surface area contributed by atoms with E-state index in [0.717, 1.165) is 0 Å². The number of esters is 1. The van der Waals surface area contributed by atoms with Gasteiger partial charge >= 0.3 is 5.97 Å². The Bertz CT molecular complexity index is 524. The van der Waals surface area contributed by atoms with Crippen molar-refractivity contribution in [3.05, 3.63) is 47.0 Å². The molecule has 2 bridgehead atoms. The normalized spacial score (nSPS) is 36.4. The smallest absolute Gasteiger partial charge is 0.330 e. The maximum Gasteiger partial charge on any atom is 0.330 e. The summed E-state index contributed by atoms with van der Waals surface area (Å²) < 4.78 is 11.0. The van der Waals surface area contributed by atoms with Crippen molar-refractivity contribution in [3.63, 3.8) is 0 Å². The predicted molar refractivity (Wildman–Crippen MR) is 64.7 cm³/mol. The second-order valence-electron chi connectivity index (χ2n) is 5.05. The molecule has 4 rings (SSSR count). The van der Waals surface area contributed by atoms with Crippen LogP contribution in [0, 0.1) is 11.8 Å². The highest BCUT2D eigenvalue weighted by atomic mass is 16.5. The third-order valence-corrected chi connectivity index (χ3v) is 4.17. The van der Waals surface area contributed by atoms with Gasteiger partial charge in [-0.15, -0.1) is 0 Å². The number of ether oxygens (including phenoxy) is 2. The first-order valence-corrected chi connectivity index (χ1v) is 6.43. The molecule has 0 aromatic heterocycles. The van der Waals surface area contributed by atoms with E-state index in [4.69, 9.17) is 9.47 Å². The molecule has 2 heterocycles. The second-order valence-corrected chi connectivity index (χ2v) is 5.05. The number of benzene rings is 1. The number of hydrogen-bond acceptors (Lipinski definition) is 3. The molecule has 3 nitrogen and oxygen atoms in total. The zero-order valence-electron chi connectivity index (χ0n) is 10.1. The lowest BCUT2D eigenvalue weighted by molar-refractivity contribution is -0.137. The van der Waals surface area contributed by atoms with Crippen LogP contribution in [0.3, 0.4) is 0 Å². The van der Waals surface area contributed by atoms with Gasteiger partial charge in [0, 0.05) is 17.9 Å². The van der Waals surface area contributed by atoms with Crippen molar-refractivity contribution in [3.8, 4) is 0 Å². The molecule has 1 saturated heterocycles. The molecule has 4 atom stereocenters. The summed E-state index contributed by atoms with van der Waals surface area (Å²) in [6.45, 7) is 2.26. The third-order valence-electron chi connectivity index (χ3n) is 4.17. The summed E-state index contributed by atoms with van der Waals surface area (Å²) in [7, 11) is 0. The minimum absolute atomic E-state index is 0.164. The van der Waals surface area contributed by atoms with E-state index in [1.165, 1.54) is 16.7 Å². The van der Waals surface area contributed by atoms with E-state index in [-0.39, 0.29) is 18.2 Å². The Hall–Kier alpha value is -1.61. The summed E-state index contributed by atoms with van der Waals surface area (Å²) in [5.41, 5.74) is 3.82. The number of hydrogen-bond donors (Lipinski definition) is 0. The van der Waals surface area contributed by atoms with Crippen molar-refractivity contribution >= 4 is 5.97 Å². The standard InChI is InChI=1S/C15H14O3/c1-2-17-11(16)7-10-12-13(10)15-9-6-4-3-5-8(9)14(12)18-15/h3-7,12-15H,2H2,1H3/t12-,13?,14+,15-/m1/s1. The summed E-state index contributed by atoms with van der Waals surface area (Å²) in [5.74, 6) is 0.606. The quantitative estimate of drug-likeness (QED) is 0.590. The molecule has 1 aromatic rings. The van der Waals surface area contributed by atoms with Crippen molar-refractivity contribution < 1.29 is 14.3 Å². The summed E-state index contributed by atoms with van der Waals surface area (Å²) >= 11 is 0. The van der Waals surface area contributed by atoms with Gasteiger partial charge < -0.3 is 9.47 Å². The van der Waals surface area contributed by atoms with E-state index in [2.05, 4.69) is 24.3 Å². The van der Waals surface area contributed by atoms with E-state index < -0.39 is 0 Å². The Balaban J connectivity index is 1.64. The largest absolute Gasteiger partial charge is 0.463 e. The molecular formula is C15H14O3. The monoisotopic (exact) mass is 242 g/mol. The average Bonchev–Trinajstić information content (AvgIpc) is 2.82. The minimum Gasteiger partial charge on any atom is -0.463 e. The van der Waals surface area contributed by atoms with Gasteiger partial charge in [-0.3, -0.25) is 0 Å². The molecule has 2 fully saturated rings. The fourth-order valence-corrected chi connectivity index (χ4v) is 3.45. The van der Waals surface area contributed by atoms with Gasteiger partial charge in [-0.1, -0.05) is 24.3 Å². The van der Waals surface area contributed by atoms with Crippen molar-refractivity contribution in [1.82, 2.24) is 0 Å². The van der Waals surface area contributed by atoms with Gasteiger partial charge in [0.05, 0.1) is 18.8 Å². The van der Waals surface area contributed by atoms with Gasteiger partial charge in [-0.2, -0.15) is 0 Å². The fraction of sp³-hybridized carbons (Fsp3) is 0.400. The predicted octanol–water partition coefficient (Wildman–Crippen LogP) is 2.55. The van der Waals surface area contributed by atoms with E-state index in [1.54, 1.807) is 6.08 Å². The molecule has 92 valence electrons. The number of carbonyl (C=O) groups excluding carboxylic acids is 1. The lowest BCUT2D eigenvalue weighted by atomic mass is 9.92. The maximum atomic E-state index is 11.5. The zero-order chi connectivity index (χ0) is 12.3. The summed E-state index contributed by atoms with van der Waals surface area (Å²) in [5, 5.41) is 0. The van der Waals surface area contributed by atoms with Gasteiger partial charge in [0.1, 0.15) is 0 Å². The Labute approximate surface area is 105 Å². The van der Waals surface area contributed by atoms with Gasteiger partial charge in [-0.05, 0) is 23.6 Å².